The Morgan fingerprint density at radius 2 is 1.63 bits per heavy atom. The number of aromatic nitrogens is 1. The molecule has 30 heavy (non-hydrogen) atoms. The quantitative estimate of drug-likeness (QED) is 0.582. The Morgan fingerprint density at radius 3 is 2.20 bits per heavy atom. The van der Waals surface area contributed by atoms with E-state index in [-0.39, 0.29) is 5.75 Å². The van der Waals surface area contributed by atoms with Gasteiger partial charge in [-0.05, 0) is 24.3 Å². The highest BCUT2D eigenvalue weighted by Crippen LogP contribution is 2.41. The highest BCUT2D eigenvalue weighted by molar-refractivity contribution is 7.07. The summed E-state index contributed by atoms with van der Waals surface area (Å²) in [7, 11) is 7.89. The van der Waals surface area contributed by atoms with Crippen LogP contribution in [0.4, 0.5) is 0 Å². The summed E-state index contributed by atoms with van der Waals surface area (Å²) in [6.45, 7) is 0. The van der Waals surface area contributed by atoms with Crippen molar-refractivity contribution in [3.63, 3.8) is 0 Å². The van der Waals surface area contributed by atoms with E-state index in [1.54, 1.807) is 57.5 Å². The van der Waals surface area contributed by atoms with E-state index in [1.165, 1.54) is 18.4 Å². The van der Waals surface area contributed by atoms with Gasteiger partial charge in [0.2, 0.25) is 10.6 Å². The maximum Gasteiger partial charge on any atom is 0.205 e. The van der Waals surface area contributed by atoms with E-state index in [9.17, 15) is 5.11 Å². The standard InChI is InChI=1S/C21H23N3O5S/c1-22-21-24(23-11-13-7-6-8-16(26-2)19(13)25)15(12-30-21)14-9-17(27-3)20(29-5)18(10-14)28-4/h6-12,25H,1-5H3. The fraction of sp³-hybridized carbons (Fsp3) is 0.238. The Labute approximate surface area is 178 Å². The first-order valence-electron chi connectivity index (χ1n) is 8.92. The van der Waals surface area contributed by atoms with Gasteiger partial charge < -0.3 is 24.1 Å². The molecule has 2 aromatic carbocycles. The highest BCUT2D eigenvalue weighted by atomic mass is 32.1. The smallest absolute Gasteiger partial charge is 0.205 e. The molecule has 0 saturated carbocycles. The van der Waals surface area contributed by atoms with E-state index in [1.807, 2.05) is 17.5 Å². The number of ether oxygens (including phenoxy) is 4. The average molecular weight is 429 g/mol. The number of rotatable bonds is 7. The molecule has 0 amide bonds. The normalized spacial score (nSPS) is 11.7. The lowest BCUT2D eigenvalue weighted by molar-refractivity contribution is 0.324. The van der Waals surface area contributed by atoms with Crippen LogP contribution in [0.2, 0.25) is 0 Å². The number of aromatic hydroxyl groups is 1. The predicted octanol–water partition coefficient (Wildman–Crippen LogP) is 3.37. The highest BCUT2D eigenvalue weighted by Gasteiger charge is 2.17. The van der Waals surface area contributed by atoms with Crippen LogP contribution in [0.25, 0.3) is 11.3 Å². The van der Waals surface area contributed by atoms with Gasteiger partial charge >= 0.3 is 0 Å². The number of benzene rings is 2. The Morgan fingerprint density at radius 1 is 0.967 bits per heavy atom. The number of phenols is 1. The molecule has 1 N–H and O–H groups in total. The summed E-state index contributed by atoms with van der Waals surface area (Å²) >= 11 is 1.44. The van der Waals surface area contributed by atoms with Gasteiger partial charge in [0.25, 0.3) is 0 Å². The first-order chi connectivity index (χ1) is 14.6. The number of phenolic OH excluding ortho intramolecular Hbond substituents is 1. The van der Waals surface area contributed by atoms with Crippen LogP contribution in [-0.2, 0) is 0 Å². The van der Waals surface area contributed by atoms with Gasteiger partial charge in [0.05, 0.1) is 40.3 Å². The number of methoxy groups -OCH3 is 4. The first kappa shape index (κ1) is 21.3. The molecule has 3 rings (SSSR count). The van der Waals surface area contributed by atoms with Crippen LogP contribution >= 0.6 is 11.3 Å². The van der Waals surface area contributed by atoms with E-state index >= 15 is 0 Å². The third-order valence-electron chi connectivity index (χ3n) is 4.40. The lowest BCUT2D eigenvalue weighted by atomic mass is 10.1. The molecule has 8 nitrogen and oxygen atoms in total. The van der Waals surface area contributed by atoms with Gasteiger partial charge in [-0.25, -0.2) is 4.68 Å². The van der Waals surface area contributed by atoms with Crippen LogP contribution in [0.1, 0.15) is 5.56 Å². The maximum atomic E-state index is 10.3. The van der Waals surface area contributed by atoms with E-state index in [4.69, 9.17) is 18.9 Å². The zero-order valence-electron chi connectivity index (χ0n) is 17.4. The van der Waals surface area contributed by atoms with E-state index in [0.717, 1.165) is 11.3 Å². The molecule has 0 atom stereocenters. The molecule has 0 spiro atoms. The monoisotopic (exact) mass is 429 g/mol. The molecule has 0 unspecified atom stereocenters. The second kappa shape index (κ2) is 9.36. The molecule has 1 heterocycles. The summed E-state index contributed by atoms with van der Waals surface area (Å²) in [5.74, 6) is 1.97. The summed E-state index contributed by atoms with van der Waals surface area (Å²) in [6, 6.07) is 8.90. The van der Waals surface area contributed by atoms with Crippen LogP contribution in [0.3, 0.4) is 0 Å². The fourth-order valence-electron chi connectivity index (χ4n) is 2.92. The summed E-state index contributed by atoms with van der Waals surface area (Å²) in [4.78, 5) is 4.98. The van der Waals surface area contributed by atoms with Crippen LogP contribution < -0.4 is 23.7 Å². The molecule has 0 radical (unpaired) electrons. The van der Waals surface area contributed by atoms with Crippen molar-refractivity contribution in [1.29, 1.82) is 0 Å². The number of hydrogen-bond acceptors (Lipinski definition) is 8. The van der Waals surface area contributed by atoms with Crippen LogP contribution in [0.5, 0.6) is 28.7 Å². The van der Waals surface area contributed by atoms with Gasteiger partial charge in [0.1, 0.15) is 0 Å². The van der Waals surface area contributed by atoms with Crippen molar-refractivity contribution in [2.45, 2.75) is 0 Å². The molecule has 0 aliphatic rings. The topological polar surface area (TPSA) is 86.8 Å². The number of nitrogens with zero attached hydrogens (tertiary/aromatic N) is 3. The van der Waals surface area contributed by atoms with Crippen molar-refractivity contribution >= 4 is 17.6 Å². The molecule has 158 valence electrons. The molecule has 9 heteroatoms. The number of thiazole rings is 1. The van der Waals surface area contributed by atoms with Gasteiger partial charge in [-0.3, -0.25) is 4.99 Å². The zero-order valence-corrected chi connectivity index (χ0v) is 18.2. The molecule has 0 aliphatic heterocycles. The van der Waals surface area contributed by atoms with Crippen LogP contribution in [-0.4, -0.2) is 51.5 Å². The summed E-state index contributed by atoms with van der Waals surface area (Å²) in [5, 5.41) is 16.8. The Kier molecular flexibility index (Phi) is 6.63. The Balaban J connectivity index is 2.14. The van der Waals surface area contributed by atoms with Crippen molar-refractivity contribution in [1.82, 2.24) is 4.68 Å². The van der Waals surface area contributed by atoms with Gasteiger partial charge in [-0.15, -0.1) is 11.3 Å². The summed E-state index contributed by atoms with van der Waals surface area (Å²) < 4.78 is 23.2. The number of para-hydroxylation sites is 1. The second-order valence-electron chi connectivity index (χ2n) is 6.00. The summed E-state index contributed by atoms with van der Waals surface area (Å²) in [5.41, 5.74) is 2.10. The lowest BCUT2D eigenvalue weighted by Gasteiger charge is -2.14. The molecule has 0 saturated heterocycles. The third-order valence-corrected chi connectivity index (χ3v) is 5.31. The summed E-state index contributed by atoms with van der Waals surface area (Å²) in [6.07, 6.45) is 1.56. The molecular weight excluding hydrogens is 406 g/mol. The molecule has 0 fully saturated rings. The Bertz CT molecular complexity index is 1110. The molecular formula is C21H23N3O5S. The molecule has 0 bridgehead atoms. The fourth-order valence-corrected chi connectivity index (χ4v) is 3.72. The van der Waals surface area contributed by atoms with Crippen molar-refractivity contribution in [2.75, 3.05) is 35.5 Å². The SMILES string of the molecule is CN=c1scc(-c2cc(OC)c(OC)c(OC)c2)n1N=Cc1cccc(OC)c1O. The zero-order chi connectivity index (χ0) is 21.7. The van der Waals surface area contributed by atoms with Crippen molar-refractivity contribution in [2.24, 2.45) is 10.1 Å². The van der Waals surface area contributed by atoms with Gasteiger partial charge in [0, 0.05) is 23.6 Å². The number of hydrogen-bond donors (Lipinski definition) is 1. The van der Waals surface area contributed by atoms with E-state index in [2.05, 4.69) is 10.1 Å². The molecule has 1 aromatic heterocycles. The molecule has 3 aromatic rings. The van der Waals surface area contributed by atoms with Crippen LogP contribution in [0.15, 0.2) is 45.8 Å². The first-order valence-corrected chi connectivity index (χ1v) is 9.79. The largest absolute Gasteiger partial charge is 0.504 e. The maximum absolute atomic E-state index is 10.3. The third kappa shape index (κ3) is 3.97. The minimum absolute atomic E-state index is 0.0175. The van der Waals surface area contributed by atoms with Gasteiger partial charge in [-0.1, -0.05) is 6.07 Å². The average Bonchev–Trinajstić information content (AvgIpc) is 3.20. The van der Waals surface area contributed by atoms with E-state index < -0.39 is 0 Å². The lowest BCUT2D eigenvalue weighted by Crippen LogP contribution is -2.11. The van der Waals surface area contributed by atoms with Gasteiger partial charge in [-0.2, -0.15) is 5.10 Å². The molecule has 0 aliphatic carbocycles. The van der Waals surface area contributed by atoms with E-state index in [0.29, 0.717) is 33.4 Å². The second-order valence-corrected chi connectivity index (χ2v) is 6.83. The minimum atomic E-state index is 0.0175. The van der Waals surface area contributed by atoms with Crippen molar-refractivity contribution in [3.05, 3.63) is 46.1 Å². The van der Waals surface area contributed by atoms with Crippen LogP contribution in [0, 0.1) is 0 Å². The van der Waals surface area contributed by atoms with Gasteiger partial charge in [0.15, 0.2) is 23.0 Å². The van der Waals surface area contributed by atoms with Crippen molar-refractivity contribution < 1.29 is 24.1 Å². The Hall–Kier alpha value is -3.46. The minimum Gasteiger partial charge on any atom is -0.504 e. The van der Waals surface area contributed by atoms with Crippen molar-refractivity contribution in [3.8, 4) is 40.0 Å². The predicted molar refractivity (Wildman–Crippen MR) is 117 cm³/mol.